The summed E-state index contributed by atoms with van der Waals surface area (Å²) < 4.78 is 0. The van der Waals surface area contributed by atoms with Gasteiger partial charge in [0, 0.05) is 18.8 Å². The molecular formula is C16H24N2O2. The Morgan fingerprint density at radius 1 is 1.40 bits per heavy atom. The molecule has 110 valence electrons. The summed E-state index contributed by atoms with van der Waals surface area (Å²) in [6.45, 7) is 5.10. The Balaban J connectivity index is 1.97. The number of fused-ring (bicyclic) bond motifs is 1. The zero-order valence-corrected chi connectivity index (χ0v) is 12.3. The highest BCUT2D eigenvalue weighted by atomic mass is 16.3. The largest absolute Gasteiger partial charge is 0.396 e. The van der Waals surface area contributed by atoms with Crippen molar-refractivity contribution in [1.29, 1.82) is 0 Å². The van der Waals surface area contributed by atoms with Crippen molar-refractivity contribution in [3.63, 3.8) is 0 Å². The van der Waals surface area contributed by atoms with Gasteiger partial charge in [0.1, 0.15) is 0 Å². The number of para-hydroxylation sites is 1. The van der Waals surface area contributed by atoms with Gasteiger partial charge in [-0.15, -0.1) is 0 Å². The van der Waals surface area contributed by atoms with E-state index in [2.05, 4.69) is 30.5 Å². The van der Waals surface area contributed by atoms with Gasteiger partial charge < -0.3 is 15.7 Å². The summed E-state index contributed by atoms with van der Waals surface area (Å²) in [6, 6.07) is 7.79. The average Bonchev–Trinajstić information content (AvgIpc) is 2.55. The standard InChI is InChI=1S/C16H24N2O2/c1-16(2,9-10-19)11-17-14-8-7-12-5-3-4-6-13(12)18-15(14)20/h3-6,14,17,19H,7-11H2,1-2H3,(H,18,20). The highest BCUT2D eigenvalue weighted by molar-refractivity contribution is 5.96. The van der Waals surface area contributed by atoms with Crippen LogP contribution >= 0.6 is 0 Å². The van der Waals surface area contributed by atoms with Crippen molar-refractivity contribution >= 4 is 11.6 Å². The van der Waals surface area contributed by atoms with Crippen LogP contribution in [-0.4, -0.2) is 30.2 Å². The second-order valence-corrected chi connectivity index (χ2v) is 6.26. The molecule has 1 atom stereocenters. The summed E-state index contributed by atoms with van der Waals surface area (Å²) in [7, 11) is 0. The van der Waals surface area contributed by atoms with Crippen molar-refractivity contribution in [1.82, 2.24) is 5.32 Å². The van der Waals surface area contributed by atoms with E-state index < -0.39 is 0 Å². The number of aliphatic hydroxyl groups excluding tert-OH is 1. The molecule has 2 rings (SSSR count). The van der Waals surface area contributed by atoms with Crippen LogP contribution in [0.25, 0.3) is 0 Å². The van der Waals surface area contributed by atoms with Gasteiger partial charge in [0.2, 0.25) is 5.91 Å². The number of aliphatic hydroxyl groups is 1. The summed E-state index contributed by atoms with van der Waals surface area (Å²) in [5.74, 6) is 0.0368. The van der Waals surface area contributed by atoms with Crippen LogP contribution in [-0.2, 0) is 11.2 Å². The fourth-order valence-corrected chi connectivity index (χ4v) is 2.50. The molecule has 0 spiro atoms. The fourth-order valence-electron chi connectivity index (χ4n) is 2.50. The molecule has 3 N–H and O–H groups in total. The third-order valence-electron chi connectivity index (χ3n) is 3.91. The predicted molar refractivity (Wildman–Crippen MR) is 80.7 cm³/mol. The predicted octanol–water partition coefficient (Wildman–Crippen LogP) is 1.94. The summed E-state index contributed by atoms with van der Waals surface area (Å²) in [6.07, 6.45) is 2.43. The van der Waals surface area contributed by atoms with E-state index in [0.29, 0.717) is 0 Å². The van der Waals surface area contributed by atoms with Crippen LogP contribution in [0, 0.1) is 5.41 Å². The summed E-state index contributed by atoms with van der Waals surface area (Å²) in [4.78, 5) is 12.2. The van der Waals surface area contributed by atoms with Gasteiger partial charge in [0.25, 0.3) is 0 Å². The van der Waals surface area contributed by atoms with Crippen molar-refractivity contribution in [2.24, 2.45) is 5.41 Å². The molecule has 1 unspecified atom stereocenters. The first-order chi connectivity index (χ1) is 9.52. The number of benzene rings is 1. The second kappa shape index (κ2) is 6.37. The molecule has 0 aromatic heterocycles. The number of anilines is 1. The Labute approximate surface area is 120 Å². The maximum Gasteiger partial charge on any atom is 0.241 e. The van der Waals surface area contributed by atoms with Crippen molar-refractivity contribution in [2.75, 3.05) is 18.5 Å². The molecular weight excluding hydrogens is 252 g/mol. The first-order valence-corrected chi connectivity index (χ1v) is 7.25. The number of carbonyl (C=O) groups excluding carboxylic acids is 1. The van der Waals surface area contributed by atoms with Gasteiger partial charge in [0.15, 0.2) is 0 Å². The molecule has 1 amide bonds. The molecule has 0 radical (unpaired) electrons. The lowest BCUT2D eigenvalue weighted by Crippen LogP contribution is -2.44. The lowest BCUT2D eigenvalue weighted by Gasteiger charge is -2.26. The minimum Gasteiger partial charge on any atom is -0.396 e. The van der Waals surface area contributed by atoms with Gasteiger partial charge in [-0.3, -0.25) is 4.79 Å². The van der Waals surface area contributed by atoms with Crippen molar-refractivity contribution < 1.29 is 9.90 Å². The van der Waals surface area contributed by atoms with Crippen LogP contribution in [0.3, 0.4) is 0 Å². The number of rotatable bonds is 5. The van der Waals surface area contributed by atoms with Crippen molar-refractivity contribution in [3.05, 3.63) is 29.8 Å². The minimum absolute atomic E-state index is 0.00577. The maximum atomic E-state index is 12.2. The Kier molecular flexibility index (Phi) is 4.78. The fraction of sp³-hybridized carbons (Fsp3) is 0.562. The average molecular weight is 276 g/mol. The summed E-state index contributed by atoms with van der Waals surface area (Å²) >= 11 is 0. The van der Waals surface area contributed by atoms with Crippen molar-refractivity contribution in [2.45, 2.75) is 39.2 Å². The minimum atomic E-state index is -0.166. The van der Waals surface area contributed by atoms with E-state index in [9.17, 15) is 4.79 Å². The molecule has 0 aliphatic carbocycles. The van der Waals surface area contributed by atoms with Gasteiger partial charge in [-0.1, -0.05) is 32.0 Å². The van der Waals surface area contributed by atoms with E-state index in [4.69, 9.17) is 5.11 Å². The smallest absolute Gasteiger partial charge is 0.241 e. The SMILES string of the molecule is CC(C)(CCO)CNC1CCc2ccccc2NC1=O. The number of aryl methyl sites for hydroxylation is 1. The molecule has 1 aromatic carbocycles. The van der Waals surface area contributed by atoms with E-state index in [-0.39, 0.29) is 24.0 Å². The maximum absolute atomic E-state index is 12.2. The van der Waals surface area contributed by atoms with Crippen LogP contribution < -0.4 is 10.6 Å². The molecule has 1 aliphatic rings. The van der Waals surface area contributed by atoms with Crippen LogP contribution in [0.5, 0.6) is 0 Å². The Hall–Kier alpha value is -1.39. The molecule has 1 aromatic rings. The summed E-state index contributed by atoms with van der Waals surface area (Å²) in [5, 5.41) is 15.4. The van der Waals surface area contributed by atoms with E-state index in [1.165, 1.54) is 5.56 Å². The quantitative estimate of drug-likeness (QED) is 0.770. The highest BCUT2D eigenvalue weighted by Gasteiger charge is 2.25. The molecule has 0 saturated heterocycles. The zero-order valence-electron chi connectivity index (χ0n) is 12.3. The molecule has 0 fully saturated rings. The van der Waals surface area contributed by atoms with Crippen LogP contribution in [0.1, 0.15) is 32.3 Å². The lowest BCUT2D eigenvalue weighted by molar-refractivity contribution is -0.118. The number of hydrogen-bond donors (Lipinski definition) is 3. The van der Waals surface area contributed by atoms with E-state index in [1.807, 2.05) is 18.2 Å². The Morgan fingerprint density at radius 3 is 2.90 bits per heavy atom. The molecule has 1 aliphatic heterocycles. The van der Waals surface area contributed by atoms with E-state index >= 15 is 0 Å². The van der Waals surface area contributed by atoms with Gasteiger partial charge in [-0.05, 0) is 36.3 Å². The van der Waals surface area contributed by atoms with Gasteiger partial charge in [0.05, 0.1) is 6.04 Å². The van der Waals surface area contributed by atoms with Crippen LogP contribution in [0.2, 0.25) is 0 Å². The van der Waals surface area contributed by atoms with Crippen LogP contribution in [0.15, 0.2) is 24.3 Å². The first-order valence-electron chi connectivity index (χ1n) is 7.25. The lowest BCUT2D eigenvalue weighted by atomic mass is 9.89. The molecule has 4 heteroatoms. The topological polar surface area (TPSA) is 61.4 Å². The highest BCUT2D eigenvalue weighted by Crippen LogP contribution is 2.23. The third kappa shape index (κ3) is 3.81. The van der Waals surface area contributed by atoms with E-state index in [0.717, 1.165) is 31.5 Å². The Bertz CT molecular complexity index is 471. The number of nitrogens with one attached hydrogen (secondary N) is 2. The van der Waals surface area contributed by atoms with Gasteiger partial charge in [-0.25, -0.2) is 0 Å². The third-order valence-corrected chi connectivity index (χ3v) is 3.91. The van der Waals surface area contributed by atoms with Gasteiger partial charge in [-0.2, -0.15) is 0 Å². The molecule has 0 saturated carbocycles. The Morgan fingerprint density at radius 2 is 2.15 bits per heavy atom. The first kappa shape index (κ1) is 15.0. The summed E-state index contributed by atoms with van der Waals surface area (Å²) in [5.41, 5.74) is 2.12. The normalized spacial score (nSPS) is 19.1. The molecule has 0 bridgehead atoms. The monoisotopic (exact) mass is 276 g/mol. The molecule has 20 heavy (non-hydrogen) atoms. The zero-order chi connectivity index (χ0) is 14.6. The molecule has 4 nitrogen and oxygen atoms in total. The van der Waals surface area contributed by atoms with Crippen LogP contribution in [0.4, 0.5) is 5.69 Å². The number of amides is 1. The molecule has 1 heterocycles. The van der Waals surface area contributed by atoms with Crippen molar-refractivity contribution in [3.8, 4) is 0 Å². The van der Waals surface area contributed by atoms with Gasteiger partial charge >= 0.3 is 0 Å². The van der Waals surface area contributed by atoms with E-state index in [1.54, 1.807) is 0 Å². The number of hydrogen-bond acceptors (Lipinski definition) is 3. The number of carbonyl (C=O) groups is 1. The second-order valence-electron chi connectivity index (χ2n) is 6.26.